The average molecular weight is 311 g/mol. The Hall–Kier alpha value is -0.0100. The molecule has 0 spiro atoms. The molecular weight excluding hydrogens is 290 g/mol. The van der Waals surface area contributed by atoms with Gasteiger partial charge in [0.1, 0.15) is 6.04 Å². The molecule has 0 saturated carbocycles. The van der Waals surface area contributed by atoms with Crippen LogP contribution in [0.1, 0.15) is 32.1 Å². The van der Waals surface area contributed by atoms with Crippen LogP contribution in [0.4, 0.5) is 0 Å². The maximum absolute atomic E-state index is 11.4. The van der Waals surface area contributed by atoms with E-state index in [1.807, 2.05) is 0 Å². The van der Waals surface area contributed by atoms with Gasteiger partial charge < -0.3 is 10.4 Å². The second-order valence-electron chi connectivity index (χ2n) is 4.05. The van der Waals surface area contributed by atoms with Crippen LogP contribution in [0.25, 0.3) is 0 Å². The molecule has 0 aliphatic rings. The summed E-state index contributed by atoms with van der Waals surface area (Å²) >= 11 is 12.4. The molecule has 2 atom stereocenters. The van der Waals surface area contributed by atoms with Crippen molar-refractivity contribution in [3.05, 3.63) is 0 Å². The number of carbonyl (C=O) groups is 2. The van der Waals surface area contributed by atoms with Crippen LogP contribution in [0.5, 0.6) is 0 Å². The van der Waals surface area contributed by atoms with E-state index in [1.165, 1.54) is 0 Å². The fourth-order valence-corrected chi connectivity index (χ4v) is 2.49. The fraction of sp³-hybridized carbons (Fsp3) is 0.818. The van der Waals surface area contributed by atoms with Crippen molar-refractivity contribution in [3.8, 4) is 0 Å². The maximum atomic E-state index is 11.4. The summed E-state index contributed by atoms with van der Waals surface area (Å²) in [6.07, 6.45) is 3.91. The number of nitrogens with one attached hydrogen (secondary N) is 1. The number of carbonyl (C=O) groups excluding carboxylic acids is 1. The van der Waals surface area contributed by atoms with Crippen LogP contribution in [0.15, 0.2) is 0 Å². The van der Waals surface area contributed by atoms with E-state index in [1.54, 1.807) is 0 Å². The number of thiol groups is 3. The summed E-state index contributed by atoms with van der Waals surface area (Å²) in [5.74, 6) is -0.373. The van der Waals surface area contributed by atoms with Gasteiger partial charge in [0.2, 0.25) is 5.91 Å². The third kappa shape index (κ3) is 8.99. The predicted octanol–water partition coefficient (Wildman–Crippen LogP) is 1.66. The first-order valence-electron chi connectivity index (χ1n) is 5.93. The van der Waals surface area contributed by atoms with E-state index >= 15 is 0 Å². The zero-order valence-electron chi connectivity index (χ0n) is 10.2. The number of aliphatic carboxylic acids is 1. The Morgan fingerprint density at radius 2 is 1.83 bits per heavy atom. The lowest BCUT2D eigenvalue weighted by Crippen LogP contribution is -2.42. The van der Waals surface area contributed by atoms with Crippen molar-refractivity contribution in [2.45, 2.75) is 43.4 Å². The molecule has 0 aromatic rings. The Bertz CT molecular complexity index is 264. The maximum Gasteiger partial charge on any atom is 0.327 e. The number of hydrogen-bond acceptors (Lipinski definition) is 5. The highest BCUT2D eigenvalue weighted by molar-refractivity contribution is 7.81. The first-order chi connectivity index (χ1) is 8.51. The molecule has 7 heteroatoms. The van der Waals surface area contributed by atoms with Crippen LogP contribution in [0.3, 0.4) is 0 Å². The lowest BCUT2D eigenvalue weighted by atomic mass is 10.1. The topological polar surface area (TPSA) is 66.4 Å². The van der Waals surface area contributed by atoms with Gasteiger partial charge in [-0.25, -0.2) is 4.79 Å². The molecule has 106 valence electrons. The van der Waals surface area contributed by atoms with Gasteiger partial charge in [0, 0.05) is 17.4 Å². The van der Waals surface area contributed by atoms with Crippen LogP contribution in [0.2, 0.25) is 0 Å². The molecule has 0 aliphatic heterocycles. The Labute approximate surface area is 125 Å². The van der Waals surface area contributed by atoms with Gasteiger partial charge >= 0.3 is 5.97 Å². The number of carboxylic acid groups (broad SMARTS) is 1. The lowest BCUT2D eigenvalue weighted by Gasteiger charge is -2.12. The van der Waals surface area contributed by atoms with Crippen LogP contribution in [0, 0.1) is 0 Å². The van der Waals surface area contributed by atoms with Crippen molar-refractivity contribution in [2.24, 2.45) is 0 Å². The number of amides is 1. The van der Waals surface area contributed by atoms with E-state index < -0.39 is 12.0 Å². The quantitative estimate of drug-likeness (QED) is 0.315. The molecule has 0 aromatic carbocycles. The third-order valence-electron chi connectivity index (χ3n) is 2.47. The van der Waals surface area contributed by atoms with Gasteiger partial charge in [0.15, 0.2) is 0 Å². The third-order valence-corrected chi connectivity index (χ3v) is 3.61. The minimum Gasteiger partial charge on any atom is -0.480 e. The van der Waals surface area contributed by atoms with Crippen molar-refractivity contribution in [1.82, 2.24) is 5.32 Å². The smallest absolute Gasteiger partial charge is 0.327 e. The molecule has 0 bridgehead atoms. The van der Waals surface area contributed by atoms with Gasteiger partial charge in [0.05, 0.1) is 0 Å². The average Bonchev–Trinajstić information content (AvgIpc) is 2.31. The summed E-state index contributed by atoms with van der Waals surface area (Å²) in [7, 11) is 0. The van der Waals surface area contributed by atoms with Crippen molar-refractivity contribution < 1.29 is 14.7 Å². The molecule has 1 amide bonds. The molecular formula is C11H21NO3S3. The normalized spacial score (nSPS) is 13.9. The zero-order chi connectivity index (χ0) is 14.0. The van der Waals surface area contributed by atoms with Gasteiger partial charge in [-0.2, -0.15) is 37.9 Å². The number of unbranched alkanes of at least 4 members (excludes halogenated alkanes) is 1. The molecule has 0 saturated heterocycles. The van der Waals surface area contributed by atoms with E-state index in [9.17, 15) is 9.59 Å². The summed E-state index contributed by atoms with van der Waals surface area (Å²) in [5.41, 5.74) is 0. The summed E-state index contributed by atoms with van der Waals surface area (Å²) < 4.78 is 0. The lowest BCUT2D eigenvalue weighted by molar-refractivity contribution is -0.141. The van der Waals surface area contributed by atoms with E-state index in [4.69, 9.17) is 5.11 Å². The summed E-state index contributed by atoms with van der Waals surface area (Å²) in [6.45, 7) is 0. The SMILES string of the molecule is O=C(CCCCC(S)CCS)N[C@@H](CS)C(=O)O. The van der Waals surface area contributed by atoms with E-state index in [-0.39, 0.29) is 11.7 Å². The van der Waals surface area contributed by atoms with Crippen molar-refractivity contribution >= 4 is 49.8 Å². The number of hydrogen-bond donors (Lipinski definition) is 5. The molecule has 0 aliphatic carbocycles. The second kappa shape index (κ2) is 10.9. The highest BCUT2D eigenvalue weighted by Crippen LogP contribution is 2.12. The minimum atomic E-state index is -1.05. The molecule has 1 unspecified atom stereocenters. The molecule has 0 aromatic heterocycles. The first-order valence-corrected chi connectivity index (χ1v) is 7.71. The summed E-state index contributed by atoms with van der Waals surface area (Å²) in [4.78, 5) is 22.1. The van der Waals surface area contributed by atoms with Gasteiger partial charge in [0.25, 0.3) is 0 Å². The predicted molar refractivity (Wildman–Crippen MR) is 83.1 cm³/mol. The van der Waals surface area contributed by atoms with Gasteiger partial charge in [-0.15, -0.1) is 0 Å². The molecule has 0 heterocycles. The fourth-order valence-electron chi connectivity index (χ4n) is 1.41. The van der Waals surface area contributed by atoms with Gasteiger partial charge in [-0.1, -0.05) is 6.42 Å². The van der Waals surface area contributed by atoms with Crippen LogP contribution >= 0.6 is 37.9 Å². The molecule has 18 heavy (non-hydrogen) atoms. The Kier molecular flexibility index (Phi) is 10.9. The Morgan fingerprint density at radius 3 is 2.33 bits per heavy atom. The molecule has 0 rings (SSSR count). The van der Waals surface area contributed by atoms with Crippen LogP contribution < -0.4 is 5.32 Å². The molecule has 0 fully saturated rings. The van der Waals surface area contributed by atoms with Gasteiger partial charge in [-0.3, -0.25) is 4.79 Å². The molecule has 2 N–H and O–H groups in total. The summed E-state index contributed by atoms with van der Waals surface area (Å²) in [6, 6.07) is -0.900. The van der Waals surface area contributed by atoms with E-state index in [0.717, 1.165) is 31.4 Å². The Balaban J connectivity index is 3.68. The first kappa shape index (κ1) is 18.0. The largest absolute Gasteiger partial charge is 0.480 e. The second-order valence-corrected chi connectivity index (χ2v) is 5.60. The highest BCUT2D eigenvalue weighted by atomic mass is 32.1. The Morgan fingerprint density at radius 1 is 1.17 bits per heavy atom. The van der Waals surface area contributed by atoms with E-state index in [0.29, 0.717) is 11.7 Å². The van der Waals surface area contributed by atoms with Crippen molar-refractivity contribution in [3.63, 3.8) is 0 Å². The number of carboxylic acids is 1. The molecule has 4 nitrogen and oxygen atoms in total. The highest BCUT2D eigenvalue weighted by Gasteiger charge is 2.17. The minimum absolute atomic E-state index is 0.0989. The van der Waals surface area contributed by atoms with Crippen LogP contribution in [-0.4, -0.2) is 39.8 Å². The monoisotopic (exact) mass is 311 g/mol. The van der Waals surface area contributed by atoms with E-state index in [2.05, 4.69) is 43.2 Å². The van der Waals surface area contributed by atoms with Crippen molar-refractivity contribution in [1.29, 1.82) is 0 Å². The zero-order valence-corrected chi connectivity index (χ0v) is 12.9. The van der Waals surface area contributed by atoms with Crippen LogP contribution in [-0.2, 0) is 9.59 Å². The van der Waals surface area contributed by atoms with Gasteiger partial charge in [-0.05, 0) is 25.0 Å². The standard InChI is InChI=1S/C11H21NO3S3/c13-10(12-9(7-17)11(14)15)4-2-1-3-8(18)5-6-16/h8-9,16-18H,1-7H2,(H,12,13)(H,14,15)/t8?,9-/m0/s1. The molecule has 0 radical (unpaired) electrons. The van der Waals surface area contributed by atoms with Crippen molar-refractivity contribution in [2.75, 3.05) is 11.5 Å². The summed E-state index contributed by atoms with van der Waals surface area (Å²) in [5, 5.41) is 11.5. The number of rotatable bonds is 10.